The quantitative estimate of drug-likeness (QED) is 0.761. The monoisotopic (exact) mass is 445 g/mol. The van der Waals surface area contributed by atoms with E-state index in [1.807, 2.05) is 0 Å². The van der Waals surface area contributed by atoms with Gasteiger partial charge in [-0.1, -0.05) is 24.3 Å². The molecule has 0 aliphatic carbocycles. The zero-order valence-electron chi connectivity index (χ0n) is 13.3. The number of rotatable bonds is 5. The number of halogens is 1. The van der Waals surface area contributed by atoms with Crippen LogP contribution in [-0.4, -0.2) is 37.0 Å². The molecule has 0 atom stereocenters. The molecule has 2 aromatic rings. The fourth-order valence-corrected chi connectivity index (χ4v) is 6.04. The van der Waals surface area contributed by atoms with Crippen LogP contribution in [0.5, 0.6) is 0 Å². The first kappa shape index (κ1) is 18.2. The summed E-state index contributed by atoms with van der Waals surface area (Å²) in [6, 6.07) is 13.3. The number of nitrogens with one attached hydrogen (secondary N) is 1. The Hall–Kier alpha value is -1.62. The van der Waals surface area contributed by atoms with Crippen molar-refractivity contribution in [3.05, 3.63) is 53.0 Å². The molecule has 0 unspecified atom stereocenters. The molecule has 1 heterocycles. The van der Waals surface area contributed by atoms with Gasteiger partial charge in [0.15, 0.2) is 0 Å². The SMILES string of the molecule is CN1c2ccccc2N(CCNS(=O)(=O)c2ccccc2Br)S1(=O)=O. The third kappa shape index (κ3) is 3.26. The standard InChI is InChI=1S/C15H16BrN3O4S2/c1-18-13-7-3-4-8-14(13)19(25(18,22)23)11-10-17-24(20,21)15-9-5-2-6-12(15)16/h2-9,17H,10-11H2,1H3. The Balaban J connectivity index is 1.77. The van der Waals surface area contributed by atoms with E-state index in [0.29, 0.717) is 15.8 Å². The van der Waals surface area contributed by atoms with Gasteiger partial charge in [-0.15, -0.1) is 0 Å². The summed E-state index contributed by atoms with van der Waals surface area (Å²) >= 11 is 3.21. The number of anilines is 2. The van der Waals surface area contributed by atoms with Gasteiger partial charge in [0.2, 0.25) is 10.0 Å². The van der Waals surface area contributed by atoms with Crippen LogP contribution in [0.2, 0.25) is 0 Å². The van der Waals surface area contributed by atoms with Crippen LogP contribution in [-0.2, 0) is 20.2 Å². The summed E-state index contributed by atoms with van der Waals surface area (Å²) in [5.41, 5.74) is 1.10. The van der Waals surface area contributed by atoms with Crippen molar-refractivity contribution in [2.45, 2.75) is 4.90 Å². The Morgan fingerprint density at radius 3 is 2.32 bits per heavy atom. The topological polar surface area (TPSA) is 86.8 Å². The van der Waals surface area contributed by atoms with E-state index in [0.717, 1.165) is 0 Å². The molecule has 1 N–H and O–H groups in total. The first-order valence-electron chi connectivity index (χ1n) is 7.35. The Morgan fingerprint density at radius 2 is 1.64 bits per heavy atom. The molecule has 0 saturated carbocycles. The second-order valence-corrected chi connectivity index (χ2v) is 9.84. The van der Waals surface area contributed by atoms with Gasteiger partial charge >= 0.3 is 10.2 Å². The molecule has 0 spiro atoms. The first-order chi connectivity index (χ1) is 11.7. The van der Waals surface area contributed by atoms with Crippen molar-refractivity contribution < 1.29 is 16.8 Å². The predicted molar refractivity (Wildman–Crippen MR) is 100 cm³/mol. The van der Waals surface area contributed by atoms with E-state index in [1.54, 1.807) is 42.5 Å². The van der Waals surface area contributed by atoms with Gasteiger partial charge < -0.3 is 0 Å². The van der Waals surface area contributed by atoms with E-state index in [9.17, 15) is 16.8 Å². The number of nitrogens with zero attached hydrogens (tertiary/aromatic N) is 2. The van der Waals surface area contributed by atoms with Crippen LogP contribution in [0.1, 0.15) is 0 Å². The maximum Gasteiger partial charge on any atom is 0.326 e. The molecule has 0 saturated heterocycles. The third-order valence-corrected chi connectivity index (χ3v) is 8.15. The van der Waals surface area contributed by atoms with E-state index < -0.39 is 20.2 Å². The molecule has 2 aromatic carbocycles. The average molecular weight is 446 g/mol. The van der Waals surface area contributed by atoms with Crippen molar-refractivity contribution in [1.82, 2.24) is 4.72 Å². The van der Waals surface area contributed by atoms with Crippen molar-refractivity contribution in [2.24, 2.45) is 0 Å². The minimum atomic E-state index is -3.74. The summed E-state index contributed by atoms with van der Waals surface area (Å²) < 4.78 is 55.0. The van der Waals surface area contributed by atoms with Gasteiger partial charge in [0, 0.05) is 24.6 Å². The second kappa shape index (κ2) is 6.60. The molecule has 25 heavy (non-hydrogen) atoms. The Morgan fingerprint density at radius 1 is 1.04 bits per heavy atom. The predicted octanol–water partition coefficient (Wildman–Crippen LogP) is 1.93. The minimum absolute atomic E-state index is 0.00658. The largest absolute Gasteiger partial charge is 0.326 e. The Bertz CT molecular complexity index is 1010. The molecule has 1 aliphatic heterocycles. The Kier molecular flexibility index (Phi) is 4.80. The molecule has 10 heteroatoms. The van der Waals surface area contributed by atoms with Gasteiger partial charge in [-0.25, -0.2) is 17.4 Å². The van der Waals surface area contributed by atoms with Crippen LogP contribution in [0.4, 0.5) is 11.4 Å². The van der Waals surface area contributed by atoms with E-state index in [2.05, 4.69) is 20.7 Å². The highest BCUT2D eigenvalue weighted by atomic mass is 79.9. The lowest BCUT2D eigenvalue weighted by Crippen LogP contribution is -2.40. The van der Waals surface area contributed by atoms with Crippen LogP contribution in [0.3, 0.4) is 0 Å². The molecule has 0 radical (unpaired) electrons. The highest BCUT2D eigenvalue weighted by Crippen LogP contribution is 2.39. The molecule has 134 valence electrons. The number of fused-ring (bicyclic) bond motifs is 1. The number of hydrogen-bond acceptors (Lipinski definition) is 4. The first-order valence-corrected chi connectivity index (χ1v) is 11.0. The zero-order valence-corrected chi connectivity index (χ0v) is 16.5. The lowest BCUT2D eigenvalue weighted by molar-refractivity contribution is 0.577. The highest BCUT2D eigenvalue weighted by Gasteiger charge is 2.37. The molecule has 0 bridgehead atoms. The molecular weight excluding hydrogens is 430 g/mol. The second-order valence-electron chi connectivity index (χ2n) is 5.36. The third-order valence-electron chi connectivity index (χ3n) is 3.85. The normalized spacial score (nSPS) is 16.1. The molecule has 1 aliphatic rings. The smallest absolute Gasteiger partial charge is 0.254 e. The maximum atomic E-state index is 12.5. The summed E-state index contributed by atoms with van der Waals surface area (Å²) in [6.45, 7) is -0.0571. The van der Waals surface area contributed by atoms with E-state index in [-0.39, 0.29) is 18.0 Å². The van der Waals surface area contributed by atoms with Crippen molar-refractivity contribution in [2.75, 3.05) is 28.7 Å². The van der Waals surface area contributed by atoms with Crippen molar-refractivity contribution >= 4 is 47.5 Å². The maximum absolute atomic E-state index is 12.5. The van der Waals surface area contributed by atoms with Gasteiger partial charge in [0.25, 0.3) is 0 Å². The van der Waals surface area contributed by atoms with Crippen LogP contribution < -0.4 is 13.3 Å². The summed E-state index contributed by atoms with van der Waals surface area (Å²) in [4.78, 5) is 0.108. The van der Waals surface area contributed by atoms with Crippen molar-refractivity contribution in [1.29, 1.82) is 0 Å². The molecular formula is C15H16BrN3O4S2. The van der Waals surface area contributed by atoms with Gasteiger partial charge in [-0.05, 0) is 40.2 Å². The van der Waals surface area contributed by atoms with Crippen LogP contribution >= 0.6 is 15.9 Å². The summed E-state index contributed by atoms with van der Waals surface area (Å²) in [5.74, 6) is 0. The van der Waals surface area contributed by atoms with Crippen LogP contribution in [0, 0.1) is 0 Å². The van der Waals surface area contributed by atoms with Crippen molar-refractivity contribution in [3.63, 3.8) is 0 Å². The number of benzene rings is 2. The minimum Gasteiger partial charge on any atom is -0.254 e. The van der Waals surface area contributed by atoms with Gasteiger partial charge in [0.05, 0.1) is 16.3 Å². The molecule has 3 rings (SSSR count). The van der Waals surface area contributed by atoms with Crippen LogP contribution in [0.15, 0.2) is 57.9 Å². The molecule has 0 fully saturated rings. The lowest BCUT2D eigenvalue weighted by Gasteiger charge is -2.19. The number of hydrogen-bond donors (Lipinski definition) is 1. The number of sulfonamides is 1. The highest BCUT2D eigenvalue weighted by molar-refractivity contribution is 9.10. The number of para-hydroxylation sites is 2. The van der Waals surface area contributed by atoms with Crippen LogP contribution in [0.25, 0.3) is 0 Å². The van der Waals surface area contributed by atoms with Crippen molar-refractivity contribution in [3.8, 4) is 0 Å². The summed E-state index contributed by atoms with van der Waals surface area (Å²) in [7, 11) is -5.96. The van der Waals surface area contributed by atoms with Gasteiger partial charge in [-0.3, -0.25) is 4.31 Å². The summed E-state index contributed by atoms with van der Waals surface area (Å²) in [5, 5.41) is 0. The van der Waals surface area contributed by atoms with E-state index >= 15 is 0 Å². The van der Waals surface area contributed by atoms with E-state index in [1.165, 1.54) is 21.7 Å². The Labute approximate surface area is 155 Å². The fourth-order valence-electron chi connectivity index (χ4n) is 2.60. The lowest BCUT2D eigenvalue weighted by atomic mass is 10.2. The fraction of sp³-hybridized carbons (Fsp3) is 0.200. The van der Waals surface area contributed by atoms with Gasteiger partial charge in [-0.2, -0.15) is 8.42 Å². The van der Waals surface area contributed by atoms with E-state index in [4.69, 9.17) is 0 Å². The molecule has 0 aromatic heterocycles. The molecule has 7 nitrogen and oxygen atoms in total. The zero-order chi connectivity index (χ0) is 18.2. The summed E-state index contributed by atoms with van der Waals surface area (Å²) in [6.07, 6.45) is 0. The van der Waals surface area contributed by atoms with Gasteiger partial charge in [0.1, 0.15) is 0 Å². The molecule has 0 amide bonds. The average Bonchev–Trinajstić information content (AvgIpc) is 2.76.